The Morgan fingerprint density at radius 1 is 1.39 bits per heavy atom. The van der Waals surface area contributed by atoms with Gasteiger partial charge in [-0.25, -0.2) is 4.79 Å². The summed E-state index contributed by atoms with van der Waals surface area (Å²) in [5.41, 5.74) is -0.457. The number of ether oxygens (including phenoxy) is 1. The Morgan fingerprint density at radius 2 is 2.06 bits per heavy atom. The van der Waals surface area contributed by atoms with E-state index in [4.69, 9.17) is 9.84 Å². The number of aliphatic hydroxyl groups excluding tert-OH is 1. The third kappa shape index (κ3) is 4.82. The second-order valence-electron chi connectivity index (χ2n) is 5.93. The fraction of sp³-hybridized carbons (Fsp3) is 0.923. The lowest BCUT2D eigenvalue weighted by Crippen LogP contribution is -2.43. The van der Waals surface area contributed by atoms with E-state index in [9.17, 15) is 4.79 Å². The van der Waals surface area contributed by atoms with Gasteiger partial charge in [-0.05, 0) is 47.2 Å². The summed E-state index contributed by atoms with van der Waals surface area (Å²) in [5, 5.41) is 9.08. The summed E-state index contributed by atoms with van der Waals surface area (Å²) in [6.45, 7) is 8.08. The van der Waals surface area contributed by atoms with Crippen LogP contribution in [0.4, 0.5) is 4.79 Å². The number of carbonyl (C=O) groups is 1. The minimum absolute atomic E-state index is 0.150. The molecule has 1 aliphatic heterocycles. The Kier molecular flexibility index (Phi) is 5.41. The van der Waals surface area contributed by atoms with E-state index in [1.54, 1.807) is 4.90 Å². The van der Waals surface area contributed by atoms with Gasteiger partial charge in [0, 0.05) is 25.7 Å². The third-order valence-electron chi connectivity index (χ3n) is 3.11. The molecular formula is C13H26N2O3. The molecule has 1 aliphatic rings. The molecule has 0 spiro atoms. The lowest BCUT2D eigenvalue weighted by molar-refractivity contribution is 0.0227. The Labute approximate surface area is 110 Å². The monoisotopic (exact) mass is 258 g/mol. The van der Waals surface area contributed by atoms with Crippen molar-refractivity contribution in [1.29, 1.82) is 0 Å². The number of rotatable bonds is 2. The first-order chi connectivity index (χ1) is 8.33. The van der Waals surface area contributed by atoms with Crippen molar-refractivity contribution < 1.29 is 14.6 Å². The van der Waals surface area contributed by atoms with Crippen LogP contribution in [-0.4, -0.2) is 65.9 Å². The van der Waals surface area contributed by atoms with E-state index in [2.05, 4.69) is 4.90 Å². The van der Waals surface area contributed by atoms with Gasteiger partial charge in [0.2, 0.25) is 0 Å². The average Bonchev–Trinajstić information content (AvgIpc) is 2.40. The molecule has 0 aromatic heterocycles. The minimum atomic E-state index is -0.457. The van der Waals surface area contributed by atoms with Crippen LogP contribution < -0.4 is 0 Å². The first-order valence-corrected chi connectivity index (χ1v) is 6.62. The van der Waals surface area contributed by atoms with Gasteiger partial charge >= 0.3 is 6.09 Å². The standard InChI is InChI=1S/C13H26N2O3/c1-13(2,3)18-12(17)15-8-5-7-14(4)11(10-15)6-9-16/h11,16H,5-10H2,1-4H3. The molecule has 1 heterocycles. The smallest absolute Gasteiger partial charge is 0.410 e. The van der Waals surface area contributed by atoms with E-state index in [1.807, 2.05) is 27.8 Å². The SMILES string of the molecule is CN1CCCN(C(=O)OC(C)(C)C)CC1CCO. The van der Waals surface area contributed by atoms with E-state index in [1.165, 1.54) is 0 Å². The molecular weight excluding hydrogens is 232 g/mol. The second-order valence-corrected chi connectivity index (χ2v) is 5.93. The van der Waals surface area contributed by atoms with E-state index >= 15 is 0 Å². The van der Waals surface area contributed by atoms with Gasteiger partial charge in [-0.15, -0.1) is 0 Å². The Bertz CT molecular complexity index is 276. The summed E-state index contributed by atoms with van der Waals surface area (Å²) in [7, 11) is 2.04. The first kappa shape index (κ1) is 15.2. The first-order valence-electron chi connectivity index (χ1n) is 6.62. The van der Waals surface area contributed by atoms with Crippen LogP contribution in [0.15, 0.2) is 0 Å². The molecule has 1 fully saturated rings. The van der Waals surface area contributed by atoms with Gasteiger partial charge in [0.15, 0.2) is 0 Å². The Morgan fingerprint density at radius 3 is 2.61 bits per heavy atom. The van der Waals surface area contributed by atoms with Gasteiger partial charge in [0.1, 0.15) is 5.60 Å². The van der Waals surface area contributed by atoms with Crippen molar-refractivity contribution in [2.75, 3.05) is 33.3 Å². The molecule has 106 valence electrons. The van der Waals surface area contributed by atoms with Crippen LogP contribution in [0.5, 0.6) is 0 Å². The topological polar surface area (TPSA) is 53.0 Å². The summed E-state index contributed by atoms with van der Waals surface area (Å²) in [6.07, 6.45) is 1.38. The summed E-state index contributed by atoms with van der Waals surface area (Å²) in [6, 6.07) is 0.213. The number of likely N-dealkylation sites (N-methyl/N-ethyl adjacent to an activating group) is 1. The molecule has 5 nitrogen and oxygen atoms in total. The maximum atomic E-state index is 12.0. The second kappa shape index (κ2) is 6.38. The summed E-state index contributed by atoms with van der Waals surface area (Å²) < 4.78 is 5.40. The Hall–Kier alpha value is -0.810. The van der Waals surface area contributed by atoms with E-state index in [0.29, 0.717) is 13.0 Å². The fourth-order valence-electron chi connectivity index (χ4n) is 2.13. The van der Waals surface area contributed by atoms with Gasteiger partial charge in [-0.2, -0.15) is 0 Å². The highest BCUT2D eigenvalue weighted by atomic mass is 16.6. The quantitative estimate of drug-likeness (QED) is 0.811. The molecule has 1 amide bonds. The molecule has 1 atom stereocenters. The Balaban J connectivity index is 2.62. The number of hydrogen-bond acceptors (Lipinski definition) is 4. The largest absolute Gasteiger partial charge is 0.444 e. The summed E-state index contributed by atoms with van der Waals surface area (Å²) in [4.78, 5) is 16.0. The lowest BCUT2D eigenvalue weighted by atomic mass is 10.2. The molecule has 0 aliphatic carbocycles. The molecule has 0 aromatic rings. The maximum absolute atomic E-state index is 12.0. The van der Waals surface area contributed by atoms with E-state index < -0.39 is 5.60 Å². The highest BCUT2D eigenvalue weighted by Gasteiger charge is 2.28. The third-order valence-corrected chi connectivity index (χ3v) is 3.11. The predicted molar refractivity (Wildman–Crippen MR) is 70.5 cm³/mol. The molecule has 1 saturated heterocycles. The van der Waals surface area contributed by atoms with Crippen LogP contribution in [0.2, 0.25) is 0 Å². The van der Waals surface area contributed by atoms with Crippen molar-refractivity contribution in [2.45, 2.75) is 45.3 Å². The summed E-state index contributed by atoms with van der Waals surface area (Å²) in [5.74, 6) is 0. The minimum Gasteiger partial charge on any atom is -0.444 e. The molecule has 5 heteroatoms. The van der Waals surface area contributed by atoms with Gasteiger partial charge in [-0.3, -0.25) is 0 Å². The van der Waals surface area contributed by atoms with Crippen LogP contribution in [0.1, 0.15) is 33.6 Å². The van der Waals surface area contributed by atoms with Gasteiger partial charge in [0.25, 0.3) is 0 Å². The van der Waals surface area contributed by atoms with Gasteiger partial charge < -0.3 is 19.6 Å². The molecule has 18 heavy (non-hydrogen) atoms. The zero-order valence-corrected chi connectivity index (χ0v) is 12.0. The molecule has 0 aromatic carbocycles. The van der Waals surface area contributed by atoms with Crippen molar-refractivity contribution in [3.63, 3.8) is 0 Å². The van der Waals surface area contributed by atoms with Crippen LogP contribution >= 0.6 is 0 Å². The zero-order valence-electron chi connectivity index (χ0n) is 12.0. The molecule has 1 N–H and O–H groups in total. The number of aliphatic hydroxyl groups is 1. The highest BCUT2D eigenvalue weighted by molar-refractivity contribution is 5.68. The van der Waals surface area contributed by atoms with E-state index in [0.717, 1.165) is 19.5 Å². The predicted octanol–water partition coefficient (Wildman–Crippen LogP) is 1.31. The van der Waals surface area contributed by atoms with Crippen LogP contribution in [0.3, 0.4) is 0 Å². The zero-order chi connectivity index (χ0) is 13.8. The average molecular weight is 258 g/mol. The summed E-state index contributed by atoms with van der Waals surface area (Å²) >= 11 is 0. The van der Waals surface area contributed by atoms with Crippen LogP contribution in [0, 0.1) is 0 Å². The van der Waals surface area contributed by atoms with Crippen molar-refractivity contribution in [3.05, 3.63) is 0 Å². The van der Waals surface area contributed by atoms with Crippen molar-refractivity contribution in [2.24, 2.45) is 0 Å². The molecule has 0 saturated carbocycles. The number of nitrogens with zero attached hydrogens (tertiary/aromatic N) is 2. The molecule has 1 unspecified atom stereocenters. The van der Waals surface area contributed by atoms with Gasteiger partial charge in [-0.1, -0.05) is 0 Å². The van der Waals surface area contributed by atoms with E-state index in [-0.39, 0.29) is 18.7 Å². The molecule has 1 rings (SSSR count). The number of hydrogen-bond donors (Lipinski definition) is 1. The van der Waals surface area contributed by atoms with Crippen molar-refractivity contribution >= 4 is 6.09 Å². The highest BCUT2D eigenvalue weighted by Crippen LogP contribution is 2.15. The normalized spacial score (nSPS) is 22.7. The lowest BCUT2D eigenvalue weighted by Gasteiger charge is -2.30. The fourth-order valence-corrected chi connectivity index (χ4v) is 2.13. The maximum Gasteiger partial charge on any atom is 0.410 e. The van der Waals surface area contributed by atoms with Crippen LogP contribution in [0.25, 0.3) is 0 Å². The number of amides is 1. The molecule has 0 radical (unpaired) electrons. The number of carbonyl (C=O) groups excluding carboxylic acids is 1. The van der Waals surface area contributed by atoms with Crippen LogP contribution in [-0.2, 0) is 4.74 Å². The van der Waals surface area contributed by atoms with Crippen molar-refractivity contribution in [3.8, 4) is 0 Å². The molecule has 0 bridgehead atoms. The van der Waals surface area contributed by atoms with Crippen molar-refractivity contribution in [1.82, 2.24) is 9.80 Å². The van der Waals surface area contributed by atoms with Gasteiger partial charge in [0.05, 0.1) is 0 Å².